The maximum Gasteiger partial charge on any atom is 0.272 e. The van der Waals surface area contributed by atoms with Crippen molar-refractivity contribution in [1.29, 1.82) is 0 Å². The minimum absolute atomic E-state index is 0.0868. The van der Waals surface area contributed by atoms with Crippen LogP contribution in [0.4, 0.5) is 5.82 Å². The molecule has 0 saturated carbocycles. The molecule has 2 aromatic heterocycles. The summed E-state index contributed by atoms with van der Waals surface area (Å²) in [5.74, 6) is 0.752. The highest BCUT2D eigenvalue weighted by atomic mass is 35.5. The lowest BCUT2D eigenvalue weighted by Gasteiger charge is -2.34. The first-order valence-electron chi connectivity index (χ1n) is 6.68. The van der Waals surface area contributed by atoms with Crippen LogP contribution in [0.25, 0.3) is 0 Å². The smallest absolute Gasteiger partial charge is 0.272 e. The van der Waals surface area contributed by atoms with Crippen molar-refractivity contribution in [3.8, 4) is 0 Å². The Balaban J connectivity index is 1.64. The average molecular weight is 304 g/mol. The summed E-state index contributed by atoms with van der Waals surface area (Å²) in [5, 5.41) is 8.29. The molecule has 3 rings (SSSR count). The van der Waals surface area contributed by atoms with Gasteiger partial charge in [0.1, 0.15) is 10.8 Å². The molecule has 1 saturated heterocycles. The molecule has 0 radical (unpaired) electrons. The number of carbonyl (C=O) groups is 1. The molecular weight excluding hydrogens is 290 g/mol. The number of rotatable bonds is 2. The van der Waals surface area contributed by atoms with Gasteiger partial charge in [0, 0.05) is 32.4 Å². The molecule has 0 unspecified atom stereocenters. The van der Waals surface area contributed by atoms with E-state index in [1.165, 1.54) is 0 Å². The van der Waals surface area contributed by atoms with Gasteiger partial charge in [-0.05, 0) is 24.3 Å². The van der Waals surface area contributed by atoms with Crippen molar-refractivity contribution in [2.45, 2.75) is 0 Å². The molecule has 0 N–H and O–H groups in total. The third-order valence-corrected chi connectivity index (χ3v) is 3.59. The number of aromatic nitrogens is 3. The summed E-state index contributed by atoms with van der Waals surface area (Å²) in [6, 6.07) is 8.85. The Hall–Kier alpha value is -2.21. The van der Waals surface area contributed by atoms with Crippen molar-refractivity contribution in [2.75, 3.05) is 31.1 Å². The van der Waals surface area contributed by atoms with Gasteiger partial charge in [0.2, 0.25) is 0 Å². The molecule has 3 heterocycles. The summed E-state index contributed by atoms with van der Waals surface area (Å²) >= 11 is 5.83. The minimum atomic E-state index is -0.0868. The highest BCUT2D eigenvalue weighted by Crippen LogP contribution is 2.14. The number of piperazine rings is 1. The summed E-state index contributed by atoms with van der Waals surface area (Å²) in [6.45, 7) is 2.71. The van der Waals surface area contributed by atoms with E-state index in [0.717, 1.165) is 18.9 Å². The van der Waals surface area contributed by atoms with Crippen molar-refractivity contribution in [3.05, 3.63) is 47.4 Å². The van der Waals surface area contributed by atoms with E-state index < -0.39 is 0 Å². The molecule has 108 valence electrons. The lowest BCUT2D eigenvalue weighted by Crippen LogP contribution is -2.49. The van der Waals surface area contributed by atoms with Crippen LogP contribution in [0.2, 0.25) is 5.15 Å². The first-order chi connectivity index (χ1) is 10.2. The Morgan fingerprint density at radius 3 is 2.57 bits per heavy atom. The van der Waals surface area contributed by atoms with Gasteiger partial charge in [-0.2, -0.15) is 5.10 Å². The predicted octanol–water partition coefficient (Wildman–Crippen LogP) is 1.49. The topological polar surface area (TPSA) is 62.2 Å². The molecule has 6 nitrogen and oxygen atoms in total. The summed E-state index contributed by atoms with van der Waals surface area (Å²) in [5.41, 5.74) is 0.385. The summed E-state index contributed by atoms with van der Waals surface area (Å²) in [7, 11) is 0. The molecule has 0 aliphatic carbocycles. The second-order valence-electron chi connectivity index (χ2n) is 4.71. The monoisotopic (exact) mass is 303 g/mol. The number of carbonyl (C=O) groups excluding carboxylic acids is 1. The van der Waals surface area contributed by atoms with Crippen LogP contribution in [-0.4, -0.2) is 52.2 Å². The lowest BCUT2D eigenvalue weighted by atomic mass is 10.2. The van der Waals surface area contributed by atoms with Gasteiger partial charge < -0.3 is 9.80 Å². The van der Waals surface area contributed by atoms with Gasteiger partial charge in [-0.25, -0.2) is 4.98 Å². The molecule has 0 atom stereocenters. The number of hydrogen-bond acceptors (Lipinski definition) is 5. The van der Waals surface area contributed by atoms with Crippen LogP contribution in [-0.2, 0) is 0 Å². The fraction of sp³-hybridized carbons (Fsp3) is 0.286. The van der Waals surface area contributed by atoms with E-state index in [1.54, 1.807) is 29.3 Å². The molecule has 1 amide bonds. The Bertz CT molecular complexity index is 628. The highest BCUT2D eigenvalue weighted by Gasteiger charge is 2.23. The van der Waals surface area contributed by atoms with Crippen LogP contribution in [0.1, 0.15) is 10.5 Å². The molecule has 7 heteroatoms. The van der Waals surface area contributed by atoms with Crippen molar-refractivity contribution in [1.82, 2.24) is 20.1 Å². The fourth-order valence-electron chi connectivity index (χ4n) is 2.29. The van der Waals surface area contributed by atoms with E-state index in [4.69, 9.17) is 11.6 Å². The van der Waals surface area contributed by atoms with Crippen LogP contribution in [0.3, 0.4) is 0 Å². The van der Waals surface area contributed by atoms with Crippen molar-refractivity contribution >= 4 is 23.3 Å². The number of halogens is 1. The first kappa shape index (κ1) is 13.8. The second-order valence-corrected chi connectivity index (χ2v) is 5.09. The maximum absolute atomic E-state index is 12.4. The molecule has 1 aliphatic heterocycles. The summed E-state index contributed by atoms with van der Waals surface area (Å²) in [6.07, 6.45) is 1.65. The average Bonchev–Trinajstić information content (AvgIpc) is 2.55. The molecule has 1 fully saturated rings. The zero-order chi connectivity index (χ0) is 14.7. The molecule has 1 aliphatic rings. The van der Waals surface area contributed by atoms with Gasteiger partial charge in [0.15, 0.2) is 5.82 Å². The van der Waals surface area contributed by atoms with Gasteiger partial charge in [-0.15, -0.1) is 5.10 Å². The van der Waals surface area contributed by atoms with Crippen LogP contribution in [0, 0.1) is 0 Å². The largest absolute Gasteiger partial charge is 0.352 e. The Morgan fingerprint density at radius 2 is 1.90 bits per heavy atom. The summed E-state index contributed by atoms with van der Waals surface area (Å²) in [4.78, 5) is 20.3. The van der Waals surface area contributed by atoms with Crippen LogP contribution >= 0.6 is 11.6 Å². The maximum atomic E-state index is 12.4. The molecule has 0 spiro atoms. The minimum Gasteiger partial charge on any atom is -0.352 e. The molecule has 2 aromatic rings. The SMILES string of the molecule is O=C(c1cccc(Cl)n1)N1CCN(c2cccnn2)CC1. The predicted molar refractivity (Wildman–Crippen MR) is 79.4 cm³/mol. The first-order valence-corrected chi connectivity index (χ1v) is 7.06. The van der Waals surface area contributed by atoms with Gasteiger partial charge in [-0.1, -0.05) is 17.7 Å². The van der Waals surface area contributed by atoms with E-state index in [0.29, 0.717) is 23.9 Å². The van der Waals surface area contributed by atoms with E-state index in [-0.39, 0.29) is 5.91 Å². The number of amides is 1. The molecular formula is C14H14ClN5O. The zero-order valence-electron chi connectivity index (χ0n) is 11.3. The fourth-order valence-corrected chi connectivity index (χ4v) is 2.45. The zero-order valence-corrected chi connectivity index (χ0v) is 12.1. The Labute approximate surface area is 127 Å². The van der Waals surface area contributed by atoms with Gasteiger partial charge in [0.25, 0.3) is 5.91 Å². The van der Waals surface area contributed by atoms with Gasteiger partial charge >= 0.3 is 0 Å². The Morgan fingerprint density at radius 1 is 1.10 bits per heavy atom. The third-order valence-electron chi connectivity index (χ3n) is 3.38. The van der Waals surface area contributed by atoms with E-state index >= 15 is 0 Å². The number of anilines is 1. The summed E-state index contributed by atoms with van der Waals surface area (Å²) < 4.78 is 0. The second kappa shape index (κ2) is 6.05. The van der Waals surface area contributed by atoms with Crippen molar-refractivity contribution in [3.63, 3.8) is 0 Å². The quantitative estimate of drug-likeness (QED) is 0.787. The van der Waals surface area contributed by atoms with Gasteiger partial charge in [0.05, 0.1) is 0 Å². The normalized spacial score (nSPS) is 15.1. The van der Waals surface area contributed by atoms with Crippen LogP contribution < -0.4 is 4.90 Å². The molecule has 0 aromatic carbocycles. The third kappa shape index (κ3) is 3.11. The Kier molecular flexibility index (Phi) is 3.96. The van der Waals surface area contributed by atoms with Crippen LogP contribution in [0.5, 0.6) is 0 Å². The van der Waals surface area contributed by atoms with E-state index in [1.807, 2.05) is 12.1 Å². The lowest BCUT2D eigenvalue weighted by molar-refractivity contribution is 0.0740. The van der Waals surface area contributed by atoms with Crippen LogP contribution in [0.15, 0.2) is 36.5 Å². The number of pyridine rings is 1. The van der Waals surface area contributed by atoms with E-state index in [9.17, 15) is 4.79 Å². The van der Waals surface area contributed by atoms with Crippen molar-refractivity contribution in [2.24, 2.45) is 0 Å². The standard InChI is InChI=1S/C14H14ClN5O/c15-12-4-1-3-11(17-12)14(21)20-9-7-19(8-10-20)13-5-2-6-16-18-13/h1-6H,7-10H2. The molecule has 21 heavy (non-hydrogen) atoms. The number of nitrogens with zero attached hydrogens (tertiary/aromatic N) is 5. The molecule has 0 bridgehead atoms. The highest BCUT2D eigenvalue weighted by molar-refractivity contribution is 6.29. The number of hydrogen-bond donors (Lipinski definition) is 0. The van der Waals surface area contributed by atoms with Gasteiger partial charge in [-0.3, -0.25) is 4.79 Å². The van der Waals surface area contributed by atoms with E-state index in [2.05, 4.69) is 20.1 Å². The van der Waals surface area contributed by atoms with Crippen molar-refractivity contribution < 1.29 is 4.79 Å².